The Kier molecular flexibility index (Phi) is 6.86. The first-order valence-electron chi connectivity index (χ1n) is 10.4. The van der Waals surface area contributed by atoms with Crippen molar-refractivity contribution in [2.45, 2.75) is 31.3 Å². The second-order valence-electron chi connectivity index (χ2n) is 7.66. The van der Waals surface area contributed by atoms with Crippen molar-refractivity contribution in [3.8, 4) is 0 Å². The van der Waals surface area contributed by atoms with Crippen molar-refractivity contribution < 1.29 is 18.7 Å². The van der Waals surface area contributed by atoms with Crippen LogP contribution in [-0.2, 0) is 9.53 Å². The van der Waals surface area contributed by atoms with Gasteiger partial charge in [0.05, 0.1) is 30.0 Å². The van der Waals surface area contributed by atoms with E-state index >= 15 is 0 Å². The maximum Gasteiger partial charge on any atom is 0.291 e. The average Bonchev–Trinajstić information content (AvgIpc) is 3.23. The Labute approximate surface area is 184 Å². The molecule has 2 N–H and O–H groups in total. The first-order valence-corrected chi connectivity index (χ1v) is 11.2. The molecule has 2 aliphatic heterocycles. The Morgan fingerprint density at radius 1 is 1.23 bits per heavy atom. The standard InChI is InChI=1S/C22H26BrN3O4/c23-21-7-6-19(30-21)22(28)25-17-5-4-15(12-18(17)26-9-2-1-3-10-26)16(14-27)20-13-24-8-11-29-20/h4-7,12,14,16,20,24H,1-3,8-11,13H2,(H,25,28). The van der Waals surface area contributed by atoms with Gasteiger partial charge in [-0.1, -0.05) is 6.07 Å². The monoisotopic (exact) mass is 475 g/mol. The SMILES string of the molecule is O=CC(c1ccc(NC(=O)c2ccc(Br)o2)c(N2CCCCC2)c1)C1CNCCO1. The van der Waals surface area contributed by atoms with Crippen molar-refractivity contribution in [1.29, 1.82) is 0 Å². The number of carbonyl (C=O) groups is 2. The summed E-state index contributed by atoms with van der Waals surface area (Å²) in [5.74, 6) is -0.423. The van der Waals surface area contributed by atoms with Crippen LogP contribution in [0, 0.1) is 0 Å². The number of piperidine rings is 1. The number of aldehydes is 1. The van der Waals surface area contributed by atoms with Crippen molar-refractivity contribution in [2.75, 3.05) is 43.0 Å². The third-order valence-electron chi connectivity index (χ3n) is 5.65. The largest absolute Gasteiger partial charge is 0.444 e. The fraction of sp³-hybridized carbons (Fsp3) is 0.455. The summed E-state index contributed by atoms with van der Waals surface area (Å²) in [4.78, 5) is 26.9. The van der Waals surface area contributed by atoms with E-state index in [0.29, 0.717) is 23.5 Å². The van der Waals surface area contributed by atoms with Crippen molar-refractivity contribution in [2.24, 2.45) is 0 Å². The molecule has 3 heterocycles. The Balaban J connectivity index is 1.63. The smallest absolute Gasteiger partial charge is 0.291 e. The number of hydrogen-bond donors (Lipinski definition) is 2. The predicted molar refractivity (Wildman–Crippen MR) is 118 cm³/mol. The summed E-state index contributed by atoms with van der Waals surface area (Å²) >= 11 is 3.23. The quantitative estimate of drug-likeness (QED) is 0.621. The molecular formula is C22H26BrN3O4. The molecule has 1 amide bonds. The number of anilines is 2. The zero-order valence-electron chi connectivity index (χ0n) is 16.7. The van der Waals surface area contributed by atoms with Crippen LogP contribution in [0.2, 0.25) is 0 Å². The minimum absolute atomic E-state index is 0.189. The third-order valence-corrected chi connectivity index (χ3v) is 6.08. The maximum absolute atomic E-state index is 12.7. The fourth-order valence-corrected chi connectivity index (χ4v) is 4.38. The average molecular weight is 476 g/mol. The van der Waals surface area contributed by atoms with E-state index in [9.17, 15) is 9.59 Å². The van der Waals surface area contributed by atoms with Crippen LogP contribution >= 0.6 is 15.9 Å². The number of benzene rings is 1. The van der Waals surface area contributed by atoms with Crippen molar-refractivity contribution in [3.05, 3.63) is 46.3 Å². The third kappa shape index (κ3) is 4.77. The lowest BCUT2D eigenvalue weighted by molar-refractivity contribution is -0.113. The van der Waals surface area contributed by atoms with Crippen LogP contribution in [0.25, 0.3) is 0 Å². The lowest BCUT2D eigenvalue weighted by Gasteiger charge is -2.32. The molecule has 2 aromatic rings. The van der Waals surface area contributed by atoms with Crippen LogP contribution in [0.15, 0.2) is 39.4 Å². The molecule has 8 heteroatoms. The molecule has 2 atom stereocenters. The van der Waals surface area contributed by atoms with E-state index in [4.69, 9.17) is 9.15 Å². The number of carbonyl (C=O) groups excluding carboxylic acids is 2. The molecule has 0 saturated carbocycles. The number of halogens is 1. The van der Waals surface area contributed by atoms with Gasteiger partial charge in [0.2, 0.25) is 0 Å². The van der Waals surface area contributed by atoms with E-state index in [1.54, 1.807) is 12.1 Å². The maximum atomic E-state index is 12.7. The second kappa shape index (κ2) is 9.76. The van der Waals surface area contributed by atoms with Crippen LogP contribution in [0.3, 0.4) is 0 Å². The van der Waals surface area contributed by atoms with Gasteiger partial charge in [0.1, 0.15) is 6.29 Å². The number of rotatable bonds is 6. The summed E-state index contributed by atoms with van der Waals surface area (Å²) in [6.07, 6.45) is 4.19. The molecule has 2 saturated heterocycles. The highest BCUT2D eigenvalue weighted by molar-refractivity contribution is 9.10. The molecule has 0 aliphatic carbocycles. The normalized spacial score (nSPS) is 20.6. The minimum atomic E-state index is -0.355. The van der Waals surface area contributed by atoms with Gasteiger partial charge in [-0.2, -0.15) is 0 Å². The molecule has 1 aromatic heterocycles. The molecule has 2 fully saturated rings. The number of amides is 1. The van der Waals surface area contributed by atoms with Crippen LogP contribution in [-0.4, -0.2) is 51.1 Å². The van der Waals surface area contributed by atoms with Crippen molar-refractivity contribution >= 4 is 39.5 Å². The van der Waals surface area contributed by atoms with Gasteiger partial charge < -0.3 is 29.5 Å². The second-order valence-corrected chi connectivity index (χ2v) is 8.44. The summed E-state index contributed by atoms with van der Waals surface area (Å²) in [6, 6.07) is 9.12. The number of nitrogens with zero attached hydrogens (tertiary/aromatic N) is 1. The highest BCUT2D eigenvalue weighted by Gasteiger charge is 2.27. The number of furan rings is 1. The molecule has 7 nitrogen and oxygen atoms in total. The lowest BCUT2D eigenvalue weighted by atomic mass is 9.92. The molecule has 0 bridgehead atoms. The van der Waals surface area contributed by atoms with Crippen LogP contribution in [0.5, 0.6) is 0 Å². The van der Waals surface area contributed by atoms with Crippen LogP contribution < -0.4 is 15.5 Å². The van der Waals surface area contributed by atoms with E-state index in [2.05, 4.69) is 31.5 Å². The highest BCUT2D eigenvalue weighted by atomic mass is 79.9. The van der Waals surface area contributed by atoms with Gasteiger partial charge in [0.15, 0.2) is 10.4 Å². The molecule has 160 valence electrons. The summed E-state index contributed by atoms with van der Waals surface area (Å²) in [6.45, 7) is 3.89. The number of nitrogens with one attached hydrogen (secondary N) is 2. The van der Waals surface area contributed by atoms with Gasteiger partial charge >= 0.3 is 0 Å². The zero-order chi connectivity index (χ0) is 20.9. The van der Waals surface area contributed by atoms with Gasteiger partial charge in [-0.05, 0) is 65.0 Å². The van der Waals surface area contributed by atoms with Gasteiger partial charge in [-0.15, -0.1) is 0 Å². The zero-order valence-corrected chi connectivity index (χ0v) is 18.3. The first kappa shape index (κ1) is 21.1. The molecule has 0 spiro atoms. The molecule has 1 aromatic carbocycles. The number of ether oxygens (including phenoxy) is 1. The summed E-state index contributed by atoms with van der Waals surface area (Å²) in [7, 11) is 0. The highest BCUT2D eigenvalue weighted by Crippen LogP contribution is 2.34. The Bertz CT molecular complexity index is 888. The van der Waals surface area contributed by atoms with E-state index < -0.39 is 0 Å². The van der Waals surface area contributed by atoms with Crippen molar-refractivity contribution in [3.63, 3.8) is 0 Å². The van der Waals surface area contributed by atoms with Gasteiger partial charge in [-0.25, -0.2) is 0 Å². The van der Waals surface area contributed by atoms with Crippen LogP contribution in [0.4, 0.5) is 11.4 Å². The molecule has 0 radical (unpaired) electrons. The van der Waals surface area contributed by atoms with E-state index in [1.165, 1.54) is 6.42 Å². The Hall–Kier alpha value is -2.16. The summed E-state index contributed by atoms with van der Waals surface area (Å²) in [5.41, 5.74) is 2.55. The van der Waals surface area contributed by atoms with E-state index in [1.807, 2.05) is 18.2 Å². The Morgan fingerprint density at radius 3 is 2.73 bits per heavy atom. The fourth-order valence-electron chi connectivity index (χ4n) is 4.08. The predicted octanol–water partition coefficient (Wildman–Crippen LogP) is 3.56. The number of morpholine rings is 1. The molecule has 4 rings (SSSR count). The van der Waals surface area contributed by atoms with Gasteiger partial charge in [0, 0.05) is 26.2 Å². The van der Waals surface area contributed by atoms with Crippen LogP contribution in [0.1, 0.15) is 41.3 Å². The molecule has 30 heavy (non-hydrogen) atoms. The van der Waals surface area contributed by atoms with E-state index in [0.717, 1.165) is 50.0 Å². The summed E-state index contributed by atoms with van der Waals surface area (Å²) < 4.78 is 11.7. The molecule has 2 unspecified atom stereocenters. The topological polar surface area (TPSA) is 83.8 Å². The molecule has 2 aliphatic rings. The lowest BCUT2D eigenvalue weighted by Crippen LogP contribution is -2.42. The van der Waals surface area contributed by atoms with Crippen molar-refractivity contribution in [1.82, 2.24) is 5.32 Å². The number of hydrogen-bond acceptors (Lipinski definition) is 6. The minimum Gasteiger partial charge on any atom is -0.444 e. The Morgan fingerprint density at radius 2 is 2.07 bits per heavy atom. The van der Waals surface area contributed by atoms with E-state index in [-0.39, 0.29) is 23.7 Å². The molecular weight excluding hydrogens is 450 g/mol. The first-order chi connectivity index (χ1) is 14.7. The summed E-state index contributed by atoms with van der Waals surface area (Å²) in [5, 5.41) is 6.26. The van der Waals surface area contributed by atoms with Gasteiger partial charge in [-0.3, -0.25) is 4.79 Å². The van der Waals surface area contributed by atoms with Gasteiger partial charge in [0.25, 0.3) is 5.91 Å².